The second-order valence-electron chi connectivity index (χ2n) is 4.75. The van der Waals surface area contributed by atoms with Crippen LogP contribution in [0.2, 0.25) is 0 Å². The van der Waals surface area contributed by atoms with E-state index in [-0.39, 0.29) is 6.42 Å². The van der Waals surface area contributed by atoms with Crippen molar-refractivity contribution in [1.82, 2.24) is 4.90 Å². The molecule has 0 radical (unpaired) electrons. The fourth-order valence-corrected chi connectivity index (χ4v) is 2.05. The lowest BCUT2D eigenvalue weighted by atomic mass is 9.86. The SMILES string of the molecule is CC(C)N1CCC(O)(CCC(=O)O)CC1. The summed E-state index contributed by atoms with van der Waals surface area (Å²) in [6.07, 6.45) is 1.84. The molecule has 0 aliphatic carbocycles. The van der Waals surface area contributed by atoms with E-state index in [0.717, 1.165) is 13.1 Å². The summed E-state index contributed by atoms with van der Waals surface area (Å²) < 4.78 is 0. The van der Waals surface area contributed by atoms with Crippen LogP contribution < -0.4 is 0 Å². The van der Waals surface area contributed by atoms with E-state index in [4.69, 9.17) is 5.11 Å². The van der Waals surface area contributed by atoms with E-state index in [2.05, 4.69) is 18.7 Å². The zero-order valence-corrected chi connectivity index (χ0v) is 9.57. The first-order valence-corrected chi connectivity index (χ1v) is 5.61. The lowest BCUT2D eigenvalue weighted by molar-refractivity contribution is -0.139. The number of aliphatic carboxylic acids is 1. The molecule has 1 rings (SSSR count). The molecule has 0 amide bonds. The highest BCUT2D eigenvalue weighted by Crippen LogP contribution is 2.27. The Morgan fingerprint density at radius 2 is 1.93 bits per heavy atom. The summed E-state index contributed by atoms with van der Waals surface area (Å²) in [5, 5.41) is 18.7. The van der Waals surface area contributed by atoms with Gasteiger partial charge in [-0.1, -0.05) is 0 Å². The van der Waals surface area contributed by atoms with Crippen LogP contribution in [0.4, 0.5) is 0 Å². The third-order valence-corrected chi connectivity index (χ3v) is 3.26. The summed E-state index contributed by atoms with van der Waals surface area (Å²) in [6.45, 7) is 6.02. The number of hydrogen-bond donors (Lipinski definition) is 2. The maximum absolute atomic E-state index is 10.4. The maximum atomic E-state index is 10.4. The lowest BCUT2D eigenvalue weighted by Crippen LogP contribution is -2.46. The predicted octanol–water partition coefficient (Wildman–Crippen LogP) is 1.09. The van der Waals surface area contributed by atoms with Gasteiger partial charge in [-0.05, 0) is 33.1 Å². The van der Waals surface area contributed by atoms with Crippen LogP contribution in [0.25, 0.3) is 0 Å². The number of carboxylic acids is 1. The van der Waals surface area contributed by atoms with Crippen molar-refractivity contribution in [1.29, 1.82) is 0 Å². The van der Waals surface area contributed by atoms with Crippen LogP contribution in [0.3, 0.4) is 0 Å². The van der Waals surface area contributed by atoms with E-state index >= 15 is 0 Å². The summed E-state index contributed by atoms with van der Waals surface area (Å²) in [4.78, 5) is 12.7. The molecule has 88 valence electrons. The Bertz CT molecular complexity index is 220. The molecule has 1 heterocycles. The van der Waals surface area contributed by atoms with Crippen LogP contribution >= 0.6 is 0 Å². The van der Waals surface area contributed by atoms with E-state index in [1.54, 1.807) is 0 Å². The van der Waals surface area contributed by atoms with Crippen molar-refractivity contribution in [2.24, 2.45) is 0 Å². The number of piperidine rings is 1. The highest BCUT2D eigenvalue weighted by atomic mass is 16.4. The lowest BCUT2D eigenvalue weighted by Gasteiger charge is -2.39. The Labute approximate surface area is 90.9 Å². The highest BCUT2D eigenvalue weighted by Gasteiger charge is 2.32. The van der Waals surface area contributed by atoms with E-state index in [0.29, 0.717) is 25.3 Å². The number of likely N-dealkylation sites (tertiary alicyclic amines) is 1. The largest absolute Gasteiger partial charge is 0.481 e. The molecule has 0 saturated carbocycles. The van der Waals surface area contributed by atoms with Crippen molar-refractivity contribution in [3.63, 3.8) is 0 Å². The molecule has 0 aromatic rings. The minimum atomic E-state index is -0.824. The second-order valence-corrected chi connectivity index (χ2v) is 4.75. The third-order valence-electron chi connectivity index (χ3n) is 3.26. The predicted molar refractivity (Wildman–Crippen MR) is 57.8 cm³/mol. The molecule has 1 aliphatic heterocycles. The molecule has 0 atom stereocenters. The van der Waals surface area contributed by atoms with Gasteiger partial charge in [0.2, 0.25) is 0 Å². The molecule has 0 unspecified atom stereocenters. The Balaban J connectivity index is 2.37. The van der Waals surface area contributed by atoms with E-state index in [1.165, 1.54) is 0 Å². The molecular weight excluding hydrogens is 194 g/mol. The summed E-state index contributed by atoms with van der Waals surface area (Å²) in [6, 6.07) is 0.508. The molecule has 0 spiro atoms. The Morgan fingerprint density at radius 3 is 2.33 bits per heavy atom. The molecule has 4 nitrogen and oxygen atoms in total. The van der Waals surface area contributed by atoms with Crippen LogP contribution in [0.1, 0.15) is 39.5 Å². The van der Waals surface area contributed by atoms with Crippen molar-refractivity contribution in [2.45, 2.75) is 51.2 Å². The Kier molecular flexibility index (Phi) is 4.11. The van der Waals surface area contributed by atoms with Crippen molar-refractivity contribution < 1.29 is 15.0 Å². The number of aliphatic hydroxyl groups is 1. The Morgan fingerprint density at radius 1 is 1.40 bits per heavy atom. The molecule has 1 fully saturated rings. The monoisotopic (exact) mass is 215 g/mol. The molecule has 0 bridgehead atoms. The topological polar surface area (TPSA) is 60.8 Å². The molecule has 0 aromatic carbocycles. The first-order valence-electron chi connectivity index (χ1n) is 5.61. The van der Waals surface area contributed by atoms with E-state index in [1.807, 2.05) is 0 Å². The maximum Gasteiger partial charge on any atom is 0.303 e. The van der Waals surface area contributed by atoms with Crippen LogP contribution in [-0.2, 0) is 4.79 Å². The number of carbonyl (C=O) groups is 1. The summed E-state index contributed by atoms with van der Waals surface area (Å²) >= 11 is 0. The van der Waals surface area contributed by atoms with Crippen molar-refractivity contribution >= 4 is 5.97 Å². The van der Waals surface area contributed by atoms with Gasteiger partial charge in [-0.2, -0.15) is 0 Å². The van der Waals surface area contributed by atoms with Crippen LogP contribution in [0.15, 0.2) is 0 Å². The molecule has 2 N–H and O–H groups in total. The molecule has 0 aromatic heterocycles. The van der Waals surface area contributed by atoms with Gasteiger partial charge in [0, 0.05) is 25.6 Å². The highest BCUT2D eigenvalue weighted by molar-refractivity contribution is 5.66. The summed E-state index contributed by atoms with van der Waals surface area (Å²) in [7, 11) is 0. The number of nitrogens with zero attached hydrogens (tertiary/aromatic N) is 1. The average Bonchev–Trinajstić information content (AvgIpc) is 2.16. The summed E-state index contributed by atoms with van der Waals surface area (Å²) in [5.74, 6) is -0.824. The average molecular weight is 215 g/mol. The minimum absolute atomic E-state index is 0.0676. The number of carboxylic acid groups (broad SMARTS) is 1. The van der Waals surface area contributed by atoms with Gasteiger partial charge in [0.05, 0.1) is 5.60 Å². The zero-order valence-electron chi connectivity index (χ0n) is 9.57. The first kappa shape index (κ1) is 12.5. The van der Waals surface area contributed by atoms with E-state index in [9.17, 15) is 9.90 Å². The van der Waals surface area contributed by atoms with Crippen molar-refractivity contribution in [2.75, 3.05) is 13.1 Å². The molecule has 15 heavy (non-hydrogen) atoms. The van der Waals surface area contributed by atoms with Crippen LogP contribution in [0.5, 0.6) is 0 Å². The quantitative estimate of drug-likeness (QED) is 0.737. The normalized spacial score (nSPS) is 21.9. The number of hydrogen-bond acceptors (Lipinski definition) is 3. The molecule has 4 heteroatoms. The minimum Gasteiger partial charge on any atom is -0.481 e. The van der Waals surface area contributed by atoms with Gasteiger partial charge in [-0.25, -0.2) is 0 Å². The van der Waals surface area contributed by atoms with Gasteiger partial charge in [0.15, 0.2) is 0 Å². The first-order chi connectivity index (χ1) is 6.93. The fourth-order valence-electron chi connectivity index (χ4n) is 2.05. The van der Waals surface area contributed by atoms with Gasteiger partial charge in [0.1, 0.15) is 0 Å². The third kappa shape index (κ3) is 3.80. The smallest absolute Gasteiger partial charge is 0.303 e. The Hall–Kier alpha value is -0.610. The van der Waals surface area contributed by atoms with E-state index < -0.39 is 11.6 Å². The molecule has 1 saturated heterocycles. The molecule has 1 aliphatic rings. The standard InChI is InChI=1S/C11H21NO3/c1-9(2)12-7-5-11(15,6-8-12)4-3-10(13)14/h9,15H,3-8H2,1-2H3,(H,13,14). The van der Waals surface area contributed by atoms with Crippen molar-refractivity contribution in [3.05, 3.63) is 0 Å². The second kappa shape index (κ2) is 4.94. The fraction of sp³-hybridized carbons (Fsp3) is 0.909. The van der Waals surface area contributed by atoms with Gasteiger partial charge >= 0.3 is 5.97 Å². The number of rotatable bonds is 4. The van der Waals surface area contributed by atoms with Crippen LogP contribution in [-0.4, -0.2) is 45.8 Å². The van der Waals surface area contributed by atoms with Crippen molar-refractivity contribution in [3.8, 4) is 0 Å². The van der Waals surface area contributed by atoms with Gasteiger partial charge in [-0.15, -0.1) is 0 Å². The summed E-state index contributed by atoms with van der Waals surface area (Å²) in [5.41, 5.74) is -0.746. The van der Waals surface area contributed by atoms with Gasteiger partial charge in [0.25, 0.3) is 0 Å². The van der Waals surface area contributed by atoms with Gasteiger partial charge < -0.3 is 15.1 Å². The molecular formula is C11H21NO3. The zero-order chi connectivity index (χ0) is 11.5. The van der Waals surface area contributed by atoms with Crippen LogP contribution in [0, 0.1) is 0 Å². The van der Waals surface area contributed by atoms with Gasteiger partial charge in [-0.3, -0.25) is 4.79 Å².